The number of fused-ring (bicyclic) bond motifs is 1. The number of hydrogen-bond donors (Lipinski definition) is 1. The van der Waals surface area contributed by atoms with Crippen molar-refractivity contribution in [2.75, 3.05) is 0 Å². The minimum atomic E-state index is -0.779. The van der Waals surface area contributed by atoms with Gasteiger partial charge in [0.05, 0.1) is 0 Å². The van der Waals surface area contributed by atoms with E-state index in [9.17, 15) is 19.6 Å². The Morgan fingerprint density at radius 1 is 1.22 bits per heavy atom. The summed E-state index contributed by atoms with van der Waals surface area (Å²) in [6.45, 7) is 13.5. The summed E-state index contributed by atoms with van der Waals surface area (Å²) in [6, 6.07) is 3.88. The minimum Gasteiger partial charge on any atom is -0.453 e. The number of carbonyl (C=O) groups excluding carboxylic acids is 1. The lowest BCUT2D eigenvalue weighted by Gasteiger charge is -2.12. The standard InChI is InChI=1S/C26H34N6O4/c1-7-9-10-31-23-22(24(33)29-26(31)35)30(8-2)21(28-23)15-36-25(34)20(13-27)12-19-11-17(5)32(18(19)6)14-16(3)4/h11-12,16H,7-10,14-15H2,1-6H3,(H,29,33,35)/b20-12+. The highest BCUT2D eigenvalue weighted by molar-refractivity contribution is 5.98. The van der Waals surface area contributed by atoms with Gasteiger partial charge in [0.1, 0.15) is 24.1 Å². The molecule has 0 aliphatic rings. The van der Waals surface area contributed by atoms with E-state index in [0.29, 0.717) is 24.8 Å². The zero-order valence-corrected chi connectivity index (χ0v) is 21.8. The van der Waals surface area contributed by atoms with Gasteiger partial charge in [0.25, 0.3) is 5.56 Å². The van der Waals surface area contributed by atoms with E-state index in [4.69, 9.17) is 4.74 Å². The average molecular weight is 495 g/mol. The number of carbonyl (C=O) groups is 1. The smallest absolute Gasteiger partial charge is 0.349 e. The average Bonchev–Trinajstić information content (AvgIpc) is 3.33. The van der Waals surface area contributed by atoms with Crippen molar-refractivity contribution in [3.05, 3.63) is 55.3 Å². The molecule has 0 aliphatic heterocycles. The lowest BCUT2D eigenvalue weighted by Crippen LogP contribution is -2.31. The van der Waals surface area contributed by atoms with Gasteiger partial charge in [0.15, 0.2) is 11.2 Å². The number of unbranched alkanes of at least 4 members (excludes halogenated alkanes) is 1. The molecule has 0 bridgehead atoms. The number of aromatic amines is 1. The maximum absolute atomic E-state index is 12.8. The van der Waals surface area contributed by atoms with E-state index in [1.807, 2.05) is 39.8 Å². The van der Waals surface area contributed by atoms with Crippen LogP contribution in [0, 0.1) is 31.1 Å². The third-order valence-electron chi connectivity index (χ3n) is 6.15. The molecule has 3 rings (SSSR count). The van der Waals surface area contributed by atoms with Gasteiger partial charge >= 0.3 is 11.7 Å². The number of nitrogens with one attached hydrogen (secondary N) is 1. The van der Waals surface area contributed by atoms with Crippen LogP contribution in [0.3, 0.4) is 0 Å². The summed E-state index contributed by atoms with van der Waals surface area (Å²) in [5.74, 6) is 0.00295. The van der Waals surface area contributed by atoms with Crippen molar-refractivity contribution < 1.29 is 9.53 Å². The van der Waals surface area contributed by atoms with Crippen molar-refractivity contribution in [2.45, 2.75) is 80.6 Å². The second-order valence-electron chi connectivity index (χ2n) is 9.29. The van der Waals surface area contributed by atoms with E-state index in [1.165, 1.54) is 10.6 Å². The van der Waals surface area contributed by atoms with E-state index >= 15 is 0 Å². The number of imidazole rings is 1. The van der Waals surface area contributed by atoms with Crippen LogP contribution in [0.15, 0.2) is 21.2 Å². The van der Waals surface area contributed by atoms with Crippen LogP contribution < -0.4 is 11.2 Å². The van der Waals surface area contributed by atoms with Crippen LogP contribution in [0.2, 0.25) is 0 Å². The Morgan fingerprint density at radius 2 is 1.94 bits per heavy atom. The van der Waals surface area contributed by atoms with Crippen molar-refractivity contribution in [3.8, 4) is 6.07 Å². The Kier molecular flexibility index (Phi) is 8.35. The highest BCUT2D eigenvalue weighted by Gasteiger charge is 2.20. The summed E-state index contributed by atoms with van der Waals surface area (Å²) in [5, 5.41) is 9.64. The molecule has 3 aromatic heterocycles. The first-order chi connectivity index (χ1) is 17.1. The van der Waals surface area contributed by atoms with E-state index in [1.54, 1.807) is 4.57 Å². The van der Waals surface area contributed by atoms with Gasteiger partial charge in [0, 0.05) is 31.0 Å². The highest BCUT2D eigenvalue weighted by atomic mass is 16.5. The molecule has 1 N–H and O–H groups in total. The normalized spacial score (nSPS) is 11.9. The molecule has 36 heavy (non-hydrogen) atoms. The number of hydrogen-bond acceptors (Lipinski definition) is 6. The largest absolute Gasteiger partial charge is 0.453 e. The van der Waals surface area contributed by atoms with Crippen LogP contribution in [0.25, 0.3) is 17.2 Å². The van der Waals surface area contributed by atoms with Crippen LogP contribution in [0.4, 0.5) is 0 Å². The second-order valence-corrected chi connectivity index (χ2v) is 9.29. The van der Waals surface area contributed by atoms with Gasteiger partial charge in [-0.05, 0) is 50.8 Å². The predicted octanol–water partition coefficient (Wildman–Crippen LogP) is 3.43. The van der Waals surface area contributed by atoms with E-state index in [0.717, 1.165) is 36.3 Å². The summed E-state index contributed by atoms with van der Waals surface area (Å²) in [5.41, 5.74) is 2.14. The van der Waals surface area contributed by atoms with Crippen LogP contribution >= 0.6 is 0 Å². The third kappa shape index (κ3) is 5.35. The Balaban J connectivity index is 1.91. The molecule has 0 aromatic carbocycles. The van der Waals surface area contributed by atoms with E-state index in [-0.39, 0.29) is 23.3 Å². The lowest BCUT2D eigenvalue weighted by molar-refractivity contribution is -0.140. The van der Waals surface area contributed by atoms with Gasteiger partial charge in [-0.2, -0.15) is 5.26 Å². The van der Waals surface area contributed by atoms with Crippen molar-refractivity contribution in [2.24, 2.45) is 5.92 Å². The van der Waals surface area contributed by atoms with E-state index in [2.05, 4.69) is 28.4 Å². The minimum absolute atomic E-state index is 0.128. The molecule has 0 aliphatic carbocycles. The Morgan fingerprint density at radius 3 is 2.56 bits per heavy atom. The number of H-pyrrole nitrogens is 1. The molecule has 192 valence electrons. The number of esters is 1. The van der Waals surface area contributed by atoms with Gasteiger partial charge in [0.2, 0.25) is 0 Å². The summed E-state index contributed by atoms with van der Waals surface area (Å²) in [4.78, 5) is 44.6. The lowest BCUT2D eigenvalue weighted by atomic mass is 10.1. The zero-order chi connectivity index (χ0) is 26.6. The van der Waals surface area contributed by atoms with Crippen LogP contribution in [-0.2, 0) is 35.8 Å². The monoisotopic (exact) mass is 494 g/mol. The number of nitriles is 1. The quantitative estimate of drug-likeness (QED) is 0.261. The molecule has 0 atom stereocenters. The number of aryl methyl sites for hydroxylation is 3. The highest BCUT2D eigenvalue weighted by Crippen LogP contribution is 2.20. The molecule has 3 aromatic rings. The number of rotatable bonds is 10. The van der Waals surface area contributed by atoms with Gasteiger partial charge < -0.3 is 13.9 Å². The SMILES string of the molecule is CCCCn1c(=O)[nH]c(=O)c2c1nc(COC(=O)/C(C#N)=C/c1cc(C)n(CC(C)C)c1C)n2CC. The Bertz CT molecular complexity index is 1460. The summed E-state index contributed by atoms with van der Waals surface area (Å²) >= 11 is 0. The van der Waals surface area contributed by atoms with E-state index < -0.39 is 17.2 Å². The van der Waals surface area contributed by atoms with Gasteiger partial charge in [-0.3, -0.25) is 14.3 Å². The Labute approximate surface area is 209 Å². The first kappa shape index (κ1) is 26.7. The molecule has 0 saturated carbocycles. The molecule has 0 unspecified atom stereocenters. The molecular weight excluding hydrogens is 460 g/mol. The van der Waals surface area contributed by atoms with Crippen molar-refractivity contribution in [1.82, 2.24) is 23.7 Å². The third-order valence-corrected chi connectivity index (χ3v) is 6.15. The topological polar surface area (TPSA) is 128 Å². The molecule has 0 radical (unpaired) electrons. The maximum atomic E-state index is 12.8. The maximum Gasteiger partial charge on any atom is 0.349 e. The van der Waals surface area contributed by atoms with Crippen LogP contribution in [0.5, 0.6) is 0 Å². The van der Waals surface area contributed by atoms with Gasteiger partial charge in [-0.1, -0.05) is 27.2 Å². The fourth-order valence-electron chi connectivity index (χ4n) is 4.31. The number of nitrogens with zero attached hydrogens (tertiary/aromatic N) is 5. The molecule has 3 heterocycles. The Hall–Kier alpha value is -3.87. The van der Waals surface area contributed by atoms with Crippen molar-refractivity contribution in [3.63, 3.8) is 0 Å². The van der Waals surface area contributed by atoms with Gasteiger partial charge in [-0.15, -0.1) is 0 Å². The molecule has 0 fully saturated rings. The van der Waals surface area contributed by atoms with Crippen molar-refractivity contribution >= 4 is 23.2 Å². The molecule has 0 amide bonds. The van der Waals surface area contributed by atoms with Crippen LogP contribution in [-0.4, -0.2) is 29.6 Å². The molecular formula is C26H34N6O4. The number of ether oxygens (including phenoxy) is 1. The fourth-order valence-corrected chi connectivity index (χ4v) is 4.31. The number of aromatic nitrogens is 5. The molecule has 10 nitrogen and oxygen atoms in total. The summed E-state index contributed by atoms with van der Waals surface area (Å²) in [7, 11) is 0. The second kappa shape index (κ2) is 11.2. The molecule has 10 heteroatoms. The molecule has 0 spiro atoms. The summed E-state index contributed by atoms with van der Waals surface area (Å²) in [6.07, 6.45) is 3.16. The molecule has 0 saturated heterocycles. The first-order valence-electron chi connectivity index (χ1n) is 12.3. The zero-order valence-electron chi connectivity index (χ0n) is 21.8. The van der Waals surface area contributed by atoms with Gasteiger partial charge in [-0.25, -0.2) is 14.6 Å². The fraction of sp³-hybridized carbons (Fsp3) is 0.500. The van der Waals surface area contributed by atoms with Crippen LogP contribution in [0.1, 0.15) is 63.3 Å². The van der Waals surface area contributed by atoms with Crippen molar-refractivity contribution in [1.29, 1.82) is 5.26 Å². The first-order valence-corrected chi connectivity index (χ1v) is 12.3. The summed E-state index contributed by atoms with van der Waals surface area (Å²) < 4.78 is 10.7. The predicted molar refractivity (Wildman–Crippen MR) is 137 cm³/mol.